The molecule has 5 nitrogen and oxygen atoms in total. The molecule has 0 radical (unpaired) electrons. The van der Waals surface area contributed by atoms with Gasteiger partial charge in [-0.25, -0.2) is 14.2 Å². The minimum Gasteiger partial charge on any atom is -0.361 e. The monoisotopic (exact) mass is 332 g/mol. The van der Waals surface area contributed by atoms with E-state index in [4.69, 9.17) is 0 Å². The molecule has 3 aromatic rings. The van der Waals surface area contributed by atoms with E-state index in [0.717, 1.165) is 21.5 Å². The number of carbonyl (C=O) groups is 1. The molecule has 3 rings (SSSR count). The number of nitrogens with zero attached hydrogens (tertiary/aromatic N) is 1. The third-order valence-electron chi connectivity index (χ3n) is 3.58. The smallest absolute Gasteiger partial charge is 0.315 e. The van der Waals surface area contributed by atoms with Gasteiger partial charge in [0.15, 0.2) is 0 Å². The molecule has 23 heavy (non-hydrogen) atoms. The van der Waals surface area contributed by atoms with Gasteiger partial charge in [0.25, 0.3) is 0 Å². The molecule has 0 aliphatic heterocycles. The van der Waals surface area contributed by atoms with Gasteiger partial charge >= 0.3 is 6.03 Å². The van der Waals surface area contributed by atoms with Gasteiger partial charge in [-0.2, -0.15) is 0 Å². The summed E-state index contributed by atoms with van der Waals surface area (Å²) in [6.07, 6.45) is 4.19. The van der Waals surface area contributed by atoms with Crippen molar-refractivity contribution in [2.24, 2.45) is 0 Å². The first-order chi connectivity index (χ1) is 11.1. The second-order valence-electron chi connectivity index (χ2n) is 5.25. The maximum Gasteiger partial charge on any atom is 0.315 e. The zero-order valence-electron chi connectivity index (χ0n) is 12.6. The minimum absolute atomic E-state index is 0.128. The number of rotatable bonds is 5. The van der Waals surface area contributed by atoms with E-state index in [1.807, 2.05) is 18.5 Å². The van der Waals surface area contributed by atoms with Crippen LogP contribution in [0.1, 0.15) is 23.5 Å². The molecule has 0 bridgehead atoms. The molecule has 0 fully saturated rings. The topological polar surface area (TPSA) is 69.8 Å². The fourth-order valence-corrected chi connectivity index (χ4v) is 3.07. The molecular weight excluding hydrogens is 315 g/mol. The fourth-order valence-electron chi connectivity index (χ4n) is 2.43. The van der Waals surface area contributed by atoms with Crippen LogP contribution < -0.4 is 10.6 Å². The quantitative estimate of drug-likeness (QED) is 0.670. The van der Waals surface area contributed by atoms with Crippen LogP contribution in [-0.4, -0.2) is 22.5 Å². The van der Waals surface area contributed by atoms with Gasteiger partial charge in [0.2, 0.25) is 0 Å². The first-order valence-electron chi connectivity index (χ1n) is 7.33. The normalized spacial score (nSPS) is 12.3. The number of carbonyl (C=O) groups excluding carboxylic acids is 1. The Bertz CT molecular complexity index is 800. The number of thiazole rings is 1. The summed E-state index contributed by atoms with van der Waals surface area (Å²) >= 11 is 1.50. The Morgan fingerprint density at radius 3 is 3.13 bits per heavy atom. The van der Waals surface area contributed by atoms with Gasteiger partial charge in [0.1, 0.15) is 10.8 Å². The lowest BCUT2D eigenvalue weighted by molar-refractivity contribution is 0.238. The van der Waals surface area contributed by atoms with E-state index in [2.05, 4.69) is 20.6 Å². The van der Waals surface area contributed by atoms with Gasteiger partial charge in [-0.05, 0) is 37.1 Å². The van der Waals surface area contributed by atoms with E-state index >= 15 is 0 Å². The van der Waals surface area contributed by atoms with Crippen molar-refractivity contribution >= 4 is 28.3 Å². The van der Waals surface area contributed by atoms with Crippen LogP contribution in [-0.2, 0) is 6.42 Å². The van der Waals surface area contributed by atoms with Gasteiger partial charge < -0.3 is 15.6 Å². The van der Waals surface area contributed by atoms with E-state index in [0.29, 0.717) is 13.0 Å². The van der Waals surface area contributed by atoms with E-state index in [1.54, 1.807) is 12.3 Å². The lowest BCUT2D eigenvalue weighted by Gasteiger charge is -2.12. The summed E-state index contributed by atoms with van der Waals surface area (Å²) in [4.78, 5) is 19.2. The standard InChI is InChI=1S/C16H17FN4OS/c1-10(15-18-6-7-23-15)21-16(22)19-5-4-11-9-20-14-3-2-12(17)8-13(11)14/h2-3,6-10,20H,4-5H2,1H3,(H2,19,21,22)/t10-/m0/s1. The number of H-pyrrole nitrogens is 1. The number of nitrogens with one attached hydrogen (secondary N) is 3. The van der Waals surface area contributed by atoms with Gasteiger partial charge in [-0.1, -0.05) is 0 Å². The number of hydrogen-bond donors (Lipinski definition) is 3. The van der Waals surface area contributed by atoms with Crippen LogP contribution in [0.5, 0.6) is 0 Å². The van der Waals surface area contributed by atoms with Crippen molar-refractivity contribution < 1.29 is 9.18 Å². The molecule has 7 heteroatoms. The zero-order valence-corrected chi connectivity index (χ0v) is 13.4. The first kappa shape index (κ1) is 15.5. The summed E-state index contributed by atoms with van der Waals surface area (Å²) in [6.45, 7) is 2.36. The second kappa shape index (κ2) is 6.78. The van der Waals surface area contributed by atoms with E-state index in [1.165, 1.54) is 23.5 Å². The molecule has 1 atom stereocenters. The predicted molar refractivity (Wildman–Crippen MR) is 89.0 cm³/mol. The largest absolute Gasteiger partial charge is 0.361 e. The predicted octanol–water partition coefficient (Wildman–Crippen LogP) is 3.37. The zero-order chi connectivity index (χ0) is 16.2. The minimum atomic E-state index is -0.263. The highest BCUT2D eigenvalue weighted by Crippen LogP contribution is 2.19. The number of benzene rings is 1. The number of halogens is 1. The molecule has 0 spiro atoms. The molecular formula is C16H17FN4OS. The van der Waals surface area contributed by atoms with Crippen molar-refractivity contribution in [1.29, 1.82) is 0 Å². The van der Waals surface area contributed by atoms with Crippen molar-refractivity contribution in [1.82, 2.24) is 20.6 Å². The third kappa shape index (κ3) is 3.68. The third-order valence-corrected chi connectivity index (χ3v) is 4.54. The summed E-state index contributed by atoms with van der Waals surface area (Å²) in [6, 6.07) is 4.28. The number of hydrogen-bond acceptors (Lipinski definition) is 3. The Balaban J connectivity index is 1.52. The summed E-state index contributed by atoms with van der Waals surface area (Å²) < 4.78 is 13.3. The molecule has 3 N–H and O–H groups in total. The molecule has 2 aromatic heterocycles. The maximum absolute atomic E-state index is 13.3. The van der Waals surface area contributed by atoms with Gasteiger partial charge in [-0.3, -0.25) is 0 Å². The van der Waals surface area contributed by atoms with Gasteiger partial charge in [-0.15, -0.1) is 11.3 Å². The maximum atomic E-state index is 13.3. The molecule has 2 heterocycles. The van der Waals surface area contributed by atoms with E-state index in [-0.39, 0.29) is 17.9 Å². The molecule has 0 saturated heterocycles. The fraction of sp³-hybridized carbons (Fsp3) is 0.250. The lowest BCUT2D eigenvalue weighted by atomic mass is 10.1. The number of amides is 2. The summed E-state index contributed by atoms with van der Waals surface area (Å²) in [5, 5.41) is 9.25. The lowest BCUT2D eigenvalue weighted by Crippen LogP contribution is -2.38. The molecule has 0 aliphatic rings. The summed E-state index contributed by atoms with van der Waals surface area (Å²) in [5.74, 6) is -0.263. The Kier molecular flexibility index (Phi) is 4.57. The Labute approximate surface area is 136 Å². The van der Waals surface area contributed by atoms with Crippen LogP contribution in [0.25, 0.3) is 10.9 Å². The number of aromatic amines is 1. The van der Waals surface area contributed by atoms with Crippen LogP contribution in [0.15, 0.2) is 36.0 Å². The molecule has 120 valence electrons. The van der Waals surface area contributed by atoms with Gasteiger partial charge in [0, 0.05) is 35.2 Å². The van der Waals surface area contributed by atoms with Crippen LogP contribution in [0.3, 0.4) is 0 Å². The van der Waals surface area contributed by atoms with Crippen molar-refractivity contribution in [3.63, 3.8) is 0 Å². The highest BCUT2D eigenvalue weighted by Gasteiger charge is 2.11. The number of aromatic nitrogens is 2. The Morgan fingerprint density at radius 1 is 1.48 bits per heavy atom. The first-order valence-corrected chi connectivity index (χ1v) is 8.20. The Hall–Kier alpha value is -2.41. The number of urea groups is 1. The van der Waals surface area contributed by atoms with Crippen molar-refractivity contribution in [2.45, 2.75) is 19.4 Å². The van der Waals surface area contributed by atoms with Crippen LogP contribution in [0.2, 0.25) is 0 Å². The van der Waals surface area contributed by atoms with Crippen molar-refractivity contribution in [3.05, 3.63) is 52.4 Å². The van der Waals surface area contributed by atoms with Crippen LogP contribution in [0, 0.1) is 5.82 Å². The average molecular weight is 332 g/mol. The summed E-state index contributed by atoms with van der Waals surface area (Å²) in [7, 11) is 0. The molecule has 1 aromatic carbocycles. The molecule has 2 amide bonds. The second-order valence-corrected chi connectivity index (χ2v) is 6.17. The van der Waals surface area contributed by atoms with Crippen molar-refractivity contribution in [3.8, 4) is 0 Å². The highest BCUT2D eigenvalue weighted by molar-refractivity contribution is 7.09. The van der Waals surface area contributed by atoms with E-state index < -0.39 is 0 Å². The van der Waals surface area contributed by atoms with E-state index in [9.17, 15) is 9.18 Å². The number of fused-ring (bicyclic) bond motifs is 1. The molecule has 0 saturated carbocycles. The highest BCUT2D eigenvalue weighted by atomic mass is 32.1. The SMILES string of the molecule is C[C@H](NC(=O)NCCc1c[nH]c2ccc(F)cc12)c1nccs1. The van der Waals surface area contributed by atoms with Crippen LogP contribution >= 0.6 is 11.3 Å². The molecule has 0 unspecified atom stereocenters. The summed E-state index contributed by atoms with van der Waals surface area (Å²) in [5.41, 5.74) is 1.87. The Morgan fingerprint density at radius 2 is 2.35 bits per heavy atom. The average Bonchev–Trinajstić information content (AvgIpc) is 3.17. The molecule has 0 aliphatic carbocycles. The van der Waals surface area contributed by atoms with Crippen LogP contribution in [0.4, 0.5) is 9.18 Å². The van der Waals surface area contributed by atoms with Crippen molar-refractivity contribution in [2.75, 3.05) is 6.54 Å². The van der Waals surface area contributed by atoms with Gasteiger partial charge in [0.05, 0.1) is 6.04 Å².